The van der Waals surface area contributed by atoms with E-state index in [1.165, 1.54) is 0 Å². The lowest BCUT2D eigenvalue weighted by Crippen LogP contribution is -2.44. The van der Waals surface area contributed by atoms with Crippen molar-refractivity contribution in [2.24, 2.45) is 0 Å². The summed E-state index contributed by atoms with van der Waals surface area (Å²) in [7, 11) is -3.63. The van der Waals surface area contributed by atoms with Crippen molar-refractivity contribution in [1.82, 2.24) is 4.72 Å². The highest BCUT2D eigenvalue weighted by Gasteiger charge is 2.35. The molecule has 3 rings (SSSR count). The Kier molecular flexibility index (Phi) is 5.49. The molecule has 1 aliphatic heterocycles. The molecule has 0 spiro atoms. The number of rotatable bonds is 5. The average molecular weight is 380 g/mol. The van der Waals surface area contributed by atoms with Crippen LogP contribution in [-0.4, -0.2) is 28.2 Å². The molecule has 1 aliphatic rings. The summed E-state index contributed by atoms with van der Waals surface area (Å²) in [6.45, 7) is 3.33. The Labute approximate surface area is 154 Å². The van der Waals surface area contributed by atoms with Crippen molar-refractivity contribution in [3.8, 4) is 0 Å². The quantitative estimate of drug-likeness (QED) is 0.862. The summed E-state index contributed by atoms with van der Waals surface area (Å²) in [6.07, 6.45) is 1.57. The number of benzene rings is 2. The maximum Gasteiger partial charge on any atom is 0.240 e. The highest BCUT2D eigenvalue weighted by atomic mass is 35.5. The normalized spacial score (nSPS) is 17.4. The molecule has 134 valence electrons. The molecule has 1 saturated heterocycles. The number of sulfonamides is 1. The van der Waals surface area contributed by atoms with Crippen LogP contribution < -0.4 is 4.72 Å². The highest BCUT2D eigenvalue weighted by Crippen LogP contribution is 2.34. The highest BCUT2D eigenvalue weighted by molar-refractivity contribution is 7.89. The van der Waals surface area contributed by atoms with Crippen LogP contribution in [0.15, 0.2) is 53.4 Å². The molecule has 6 heteroatoms. The molecule has 4 nitrogen and oxygen atoms in total. The molecule has 0 atom stereocenters. The van der Waals surface area contributed by atoms with Gasteiger partial charge in [0.05, 0.1) is 4.90 Å². The minimum absolute atomic E-state index is 0.232. The van der Waals surface area contributed by atoms with E-state index in [0.717, 1.165) is 18.4 Å². The molecule has 0 saturated carbocycles. The van der Waals surface area contributed by atoms with Gasteiger partial charge in [0, 0.05) is 30.2 Å². The third kappa shape index (κ3) is 3.90. The summed E-state index contributed by atoms with van der Waals surface area (Å²) in [4.78, 5) is 0.232. The van der Waals surface area contributed by atoms with E-state index >= 15 is 0 Å². The van der Waals surface area contributed by atoms with Crippen LogP contribution in [0.2, 0.25) is 5.02 Å². The van der Waals surface area contributed by atoms with E-state index in [1.807, 2.05) is 18.2 Å². The fourth-order valence-electron chi connectivity index (χ4n) is 3.31. The fourth-order valence-corrected chi connectivity index (χ4v) is 4.93. The Balaban J connectivity index is 1.87. The first kappa shape index (κ1) is 18.4. The predicted molar refractivity (Wildman–Crippen MR) is 99.6 cm³/mol. The van der Waals surface area contributed by atoms with Gasteiger partial charge >= 0.3 is 0 Å². The fraction of sp³-hybridized carbons (Fsp3) is 0.368. The Morgan fingerprint density at radius 2 is 1.76 bits per heavy atom. The van der Waals surface area contributed by atoms with Crippen molar-refractivity contribution >= 4 is 21.6 Å². The average Bonchev–Trinajstić information content (AvgIpc) is 2.64. The summed E-state index contributed by atoms with van der Waals surface area (Å²) in [5, 5.41) is 0.451. The van der Waals surface area contributed by atoms with Crippen molar-refractivity contribution in [3.63, 3.8) is 0 Å². The molecule has 1 heterocycles. The maximum atomic E-state index is 12.8. The lowest BCUT2D eigenvalue weighted by Gasteiger charge is -2.38. The lowest BCUT2D eigenvalue weighted by molar-refractivity contribution is 0.0517. The topological polar surface area (TPSA) is 55.4 Å². The first-order chi connectivity index (χ1) is 11.9. The summed E-state index contributed by atoms with van der Waals surface area (Å²) < 4.78 is 34.0. The van der Waals surface area contributed by atoms with Crippen molar-refractivity contribution in [3.05, 3.63) is 64.7 Å². The Morgan fingerprint density at radius 3 is 2.44 bits per heavy atom. The van der Waals surface area contributed by atoms with Gasteiger partial charge in [0.15, 0.2) is 0 Å². The molecule has 0 aliphatic carbocycles. The molecular formula is C19H22ClNO3S. The number of hydrogen-bond donors (Lipinski definition) is 1. The Bertz CT molecular complexity index is 831. The van der Waals surface area contributed by atoms with E-state index in [9.17, 15) is 8.42 Å². The molecule has 25 heavy (non-hydrogen) atoms. The second-order valence-corrected chi connectivity index (χ2v) is 8.59. The van der Waals surface area contributed by atoms with Gasteiger partial charge in [-0.2, -0.15) is 0 Å². The van der Waals surface area contributed by atoms with Gasteiger partial charge in [0.1, 0.15) is 0 Å². The van der Waals surface area contributed by atoms with Crippen LogP contribution in [0.25, 0.3) is 0 Å². The van der Waals surface area contributed by atoms with Gasteiger partial charge in [-0.1, -0.05) is 48.0 Å². The zero-order valence-electron chi connectivity index (χ0n) is 14.2. The lowest BCUT2D eigenvalue weighted by atomic mass is 9.74. The molecule has 0 radical (unpaired) electrons. The molecular weight excluding hydrogens is 358 g/mol. The van der Waals surface area contributed by atoms with Crippen molar-refractivity contribution in [1.29, 1.82) is 0 Å². The van der Waals surface area contributed by atoms with Gasteiger partial charge in [-0.3, -0.25) is 0 Å². The molecule has 0 amide bonds. The maximum absolute atomic E-state index is 12.8. The number of hydrogen-bond acceptors (Lipinski definition) is 3. The second-order valence-electron chi connectivity index (χ2n) is 6.45. The summed E-state index contributed by atoms with van der Waals surface area (Å²) in [5.41, 5.74) is 1.46. The van der Waals surface area contributed by atoms with E-state index in [0.29, 0.717) is 30.3 Å². The third-order valence-corrected chi connectivity index (χ3v) is 6.90. The summed E-state index contributed by atoms with van der Waals surface area (Å²) in [6, 6.07) is 15.0. The van der Waals surface area contributed by atoms with Gasteiger partial charge in [-0.05, 0) is 43.0 Å². The zero-order valence-corrected chi connectivity index (χ0v) is 15.7. The van der Waals surface area contributed by atoms with Crippen LogP contribution in [0.3, 0.4) is 0 Å². The van der Waals surface area contributed by atoms with Gasteiger partial charge in [-0.25, -0.2) is 13.1 Å². The number of ether oxygens (including phenoxy) is 1. The van der Waals surface area contributed by atoms with Crippen LogP contribution in [-0.2, 0) is 20.2 Å². The number of nitrogens with one attached hydrogen (secondary N) is 1. The minimum atomic E-state index is -3.63. The second kappa shape index (κ2) is 7.46. The molecule has 2 aromatic carbocycles. The van der Waals surface area contributed by atoms with Crippen LogP contribution in [0.1, 0.15) is 24.0 Å². The van der Waals surface area contributed by atoms with E-state index in [2.05, 4.69) is 16.9 Å². The molecule has 0 bridgehead atoms. The molecule has 1 fully saturated rings. The molecule has 1 N–H and O–H groups in total. The third-order valence-electron chi connectivity index (χ3n) is 4.94. The monoisotopic (exact) mass is 379 g/mol. The zero-order chi connectivity index (χ0) is 17.9. The largest absolute Gasteiger partial charge is 0.381 e. The van der Waals surface area contributed by atoms with Gasteiger partial charge < -0.3 is 4.74 Å². The van der Waals surface area contributed by atoms with Crippen molar-refractivity contribution < 1.29 is 13.2 Å². The minimum Gasteiger partial charge on any atom is -0.381 e. The van der Waals surface area contributed by atoms with Gasteiger partial charge in [0.25, 0.3) is 0 Å². The summed E-state index contributed by atoms with van der Waals surface area (Å²) in [5.74, 6) is 0. The Hall–Kier alpha value is -1.40. The van der Waals surface area contributed by atoms with Gasteiger partial charge in [0.2, 0.25) is 10.0 Å². The Morgan fingerprint density at radius 1 is 1.08 bits per heavy atom. The first-order valence-electron chi connectivity index (χ1n) is 8.33. The number of halogens is 1. The van der Waals surface area contributed by atoms with E-state index < -0.39 is 10.0 Å². The van der Waals surface area contributed by atoms with Crippen LogP contribution >= 0.6 is 11.6 Å². The van der Waals surface area contributed by atoms with E-state index in [1.54, 1.807) is 25.1 Å². The van der Waals surface area contributed by atoms with E-state index in [-0.39, 0.29) is 10.3 Å². The molecule has 0 unspecified atom stereocenters. The van der Waals surface area contributed by atoms with Crippen molar-refractivity contribution in [2.75, 3.05) is 19.8 Å². The standard InChI is InChI=1S/C19H22ClNO3S/c1-15-17(20)8-5-9-18(15)25(22,23)21-14-19(10-12-24-13-11-19)16-6-3-2-4-7-16/h2-9,21H,10-14H2,1H3. The molecule has 0 aromatic heterocycles. The van der Waals surface area contributed by atoms with Gasteiger partial charge in [-0.15, -0.1) is 0 Å². The van der Waals surface area contributed by atoms with Crippen molar-refractivity contribution in [2.45, 2.75) is 30.1 Å². The van der Waals surface area contributed by atoms with E-state index in [4.69, 9.17) is 16.3 Å². The smallest absolute Gasteiger partial charge is 0.240 e. The van der Waals surface area contributed by atoms with Crippen LogP contribution in [0, 0.1) is 6.92 Å². The predicted octanol–water partition coefficient (Wildman–Crippen LogP) is 3.68. The van der Waals surface area contributed by atoms with Crippen LogP contribution in [0.4, 0.5) is 0 Å². The van der Waals surface area contributed by atoms with Crippen LogP contribution in [0.5, 0.6) is 0 Å². The summed E-state index contributed by atoms with van der Waals surface area (Å²) >= 11 is 6.08. The molecule has 2 aromatic rings. The SMILES string of the molecule is Cc1c(Cl)cccc1S(=O)(=O)NCC1(c2ccccc2)CCOCC1. The first-order valence-corrected chi connectivity index (χ1v) is 10.2.